The van der Waals surface area contributed by atoms with E-state index in [0.29, 0.717) is 23.5 Å². The number of anilines is 3. The number of hydrogen-bond acceptors (Lipinski definition) is 4. The van der Waals surface area contributed by atoms with Crippen molar-refractivity contribution in [1.29, 1.82) is 0 Å². The van der Waals surface area contributed by atoms with E-state index in [1.54, 1.807) is 12.1 Å². The number of fused-ring (bicyclic) bond motifs is 1. The molecule has 0 aliphatic carbocycles. The molecule has 7 heteroatoms. The normalized spacial score (nSPS) is 14.3. The van der Waals surface area contributed by atoms with E-state index in [2.05, 4.69) is 22.3 Å². The first kappa shape index (κ1) is 26.8. The van der Waals surface area contributed by atoms with Gasteiger partial charge in [-0.05, 0) is 71.8 Å². The molecule has 1 N–H and O–H groups in total. The number of carbonyl (C=O) groups excluding carboxylic acids is 2. The van der Waals surface area contributed by atoms with Gasteiger partial charge >= 0.3 is 0 Å². The average molecular weight is 558 g/mol. The maximum Gasteiger partial charge on any atom is 0.262 e. The van der Waals surface area contributed by atoms with E-state index in [1.165, 1.54) is 24.3 Å². The predicted molar refractivity (Wildman–Crippen MR) is 162 cm³/mol. The number of nitrogens with zero attached hydrogens (tertiary/aromatic N) is 2. The fourth-order valence-electron chi connectivity index (χ4n) is 5.16. The number of halogens is 1. The Balaban J connectivity index is 1.30. The van der Waals surface area contributed by atoms with Crippen LogP contribution in [0, 0.1) is 5.82 Å². The first-order chi connectivity index (χ1) is 20.6. The maximum atomic E-state index is 14.0. The molecule has 0 aromatic heterocycles. The molecule has 208 valence electrons. The first-order valence-electron chi connectivity index (χ1n) is 13.6. The fraction of sp³-hybridized carbons (Fsp3) is 0.0857. The van der Waals surface area contributed by atoms with Crippen molar-refractivity contribution in [1.82, 2.24) is 0 Å². The van der Waals surface area contributed by atoms with Gasteiger partial charge in [-0.2, -0.15) is 0 Å². The Labute approximate surface area is 243 Å². The van der Waals surface area contributed by atoms with Crippen LogP contribution in [0.2, 0.25) is 0 Å². The van der Waals surface area contributed by atoms with E-state index >= 15 is 0 Å². The molecule has 42 heavy (non-hydrogen) atoms. The second-order valence-electron chi connectivity index (χ2n) is 9.93. The molecular formula is C35H28FN3O3. The molecule has 6 nitrogen and oxygen atoms in total. The van der Waals surface area contributed by atoms with Gasteiger partial charge in [-0.15, -0.1) is 0 Å². The molecule has 2 amide bonds. The third-order valence-corrected chi connectivity index (χ3v) is 7.11. The van der Waals surface area contributed by atoms with Gasteiger partial charge in [0.15, 0.2) is 6.61 Å². The molecule has 0 saturated heterocycles. The predicted octanol–water partition coefficient (Wildman–Crippen LogP) is 7.21. The van der Waals surface area contributed by atoms with Gasteiger partial charge in [0.25, 0.3) is 11.8 Å². The van der Waals surface area contributed by atoms with Crippen LogP contribution in [-0.4, -0.2) is 18.4 Å². The zero-order valence-corrected chi connectivity index (χ0v) is 22.7. The van der Waals surface area contributed by atoms with Crippen LogP contribution < -0.4 is 19.9 Å². The average Bonchev–Trinajstić information content (AvgIpc) is 3.03. The van der Waals surface area contributed by atoms with Crippen LogP contribution in [0.3, 0.4) is 0 Å². The van der Waals surface area contributed by atoms with Gasteiger partial charge < -0.3 is 15.0 Å². The largest absolute Gasteiger partial charge is 0.484 e. The zero-order chi connectivity index (χ0) is 28.9. The number of hydrogen-bond donors (Lipinski definition) is 1. The second-order valence-corrected chi connectivity index (χ2v) is 9.93. The molecule has 6 rings (SSSR count). The Morgan fingerprint density at radius 1 is 0.762 bits per heavy atom. The summed E-state index contributed by atoms with van der Waals surface area (Å²) in [7, 11) is 0. The van der Waals surface area contributed by atoms with Gasteiger partial charge in [-0.3, -0.25) is 14.5 Å². The van der Waals surface area contributed by atoms with Crippen molar-refractivity contribution >= 4 is 28.9 Å². The summed E-state index contributed by atoms with van der Waals surface area (Å²) < 4.78 is 18.9. The molecule has 0 radical (unpaired) electrons. The minimum absolute atomic E-state index is 0.0797. The van der Waals surface area contributed by atoms with Crippen LogP contribution in [0.15, 0.2) is 133 Å². The molecule has 0 unspecified atom stereocenters. The highest BCUT2D eigenvalue weighted by Crippen LogP contribution is 2.42. The fourth-order valence-corrected chi connectivity index (χ4v) is 5.16. The number of benzene rings is 5. The van der Waals surface area contributed by atoms with Gasteiger partial charge in [0.1, 0.15) is 17.7 Å². The molecule has 0 spiro atoms. The van der Waals surface area contributed by atoms with Gasteiger partial charge in [0.05, 0.1) is 11.3 Å². The van der Waals surface area contributed by atoms with E-state index in [0.717, 1.165) is 22.5 Å². The summed E-state index contributed by atoms with van der Waals surface area (Å²) in [6.45, 7) is 0.378. The third kappa shape index (κ3) is 5.71. The second kappa shape index (κ2) is 12.0. The minimum Gasteiger partial charge on any atom is -0.484 e. The van der Waals surface area contributed by atoms with Crippen molar-refractivity contribution in [2.24, 2.45) is 0 Å². The molecule has 1 heterocycles. The minimum atomic E-state index is -0.439. The van der Waals surface area contributed by atoms with Crippen molar-refractivity contribution in [3.8, 4) is 5.75 Å². The van der Waals surface area contributed by atoms with Crippen LogP contribution in [0.5, 0.6) is 5.75 Å². The van der Waals surface area contributed by atoms with Gasteiger partial charge in [0.2, 0.25) is 0 Å². The number of rotatable bonds is 8. The van der Waals surface area contributed by atoms with E-state index in [-0.39, 0.29) is 24.2 Å². The molecule has 1 aliphatic heterocycles. The summed E-state index contributed by atoms with van der Waals surface area (Å²) in [5, 5.41) is 2.69. The van der Waals surface area contributed by atoms with Crippen LogP contribution in [0.25, 0.3) is 0 Å². The standard InChI is InChI=1S/C35H28FN3O3/c36-27-17-19-28(20-18-27)37-33(40)24-42-30-21-15-26(16-22-30)34-38(23-25-9-3-1-4-10-25)32-14-8-7-13-31(32)35(41)39(34)29-11-5-2-6-12-29/h1-22,34H,23-24H2,(H,37,40)/t34-/m0/s1. The molecule has 0 fully saturated rings. The van der Waals surface area contributed by atoms with Crippen LogP contribution >= 0.6 is 0 Å². The lowest BCUT2D eigenvalue weighted by Gasteiger charge is -2.46. The number of para-hydroxylation sites is 2. The zero-order valence-electron chi connectivity index (χ0n) is 22.7. The molecule has 0 bridgehead atoms. The summed E-state index contributed by atoms with van der Waals surface area (Å²) in [5.74, 6) is -0.301. The highest BCUT2D eigenvalue weighted by atomic mass is 19.1. The Bertz CT molecular complexity index is 1680. The van der Waals surface area contributed by atoms with E-state index in [9.17, 15) is 14.0 Å². The lowest BCUT2D eigenvalue weighted by atomic mass is 9.99. The van der Waals surface area contributed by atoms with Crippen LogP contribution in [0.1, 0.15) is 27.7 Å². The Hall–Kier alpha value is -5.43. The van der Waals surface area contributed by atoms with E-state index < -0.39 is 6.17 Å². The summed E-state index contributed by atoms with van der Waals surface area (Å²) in [6, 6.07) is 40.5. The number of carbonyl (C=O) groups is 2. The SMILES string of the molecule is O=C(COc1ccc([C@H]2N(Cc3ccccc3)c3ccccc3C(=O)N2c2ccccc2)cc1)Nc1ccc(F)cc1. The summed E-state index contributed by atoms with van der Waals surface area (Å²) >= 11 is 0. The molecule has 5 aromatic carbocycles. The van der Waals surface area contributed by atoms with Gasteiger partial charge in [-0.25, -0.2) is 4.39 Å². The van der Waals surface area contributed by atoms with Crippen molar-refractivity contribution < 1.29 is 18.7 Å². The summed E-state index contributed by atoms with van der Waals surface area (Å²) in [5.41, 5.74) is 4.79. The van der Waals surface area contributed by atoms with Gasteiger partial charge in [0, 0.05) is 17.9 Å². The molecule has 1 atom stereocenters. The molecule has 1 aliphatic rings. The number of amides is 2. The van der Waals surface area contributed by atoms with E-state index in [1.807, 2.05) is 89.8 Å². The molecular weight excluding hydrogens is 529 g/mol. The summed E-state index contributed by atoms with van der Waals surface area (Å²) in [4.78, 5) is 30.5. The van der Waals surface area contributed by atoms with Crippen LogP contribution in [-0.2, 0) is 11.3 Å². The van der Waals surface area contributed by atoms with Crippen molar-refractivity contribution in [2.75, 3.05) is 21.7 Å². The maximum absolute atomic E-state index is 14.0. The topological polar surface area (TPSA) is 61.9 Å². The lowest BCUT2D eigenvalue weighted by molar-refractivity contribution is -0.118. The van der Waals surface area contributed by atoms with E-state index in [4.69, 9.17) is 4.74 Å². The number of nitrogens with one attached hydrogen (secondary N) is 1. The lowest BCUT2D eigenvalue weighted by Crippen LogP contribution is -2.49. The molecule has 0 saturated carbocycles. The van der Waals surface area contributed by atoms with Gasteiger partial charge in [-0.1, -0.05) is 72.8 Å². The quantitative estimate of drug-likeness (QED) is 0.219. The highest BCUT2D eigenvalue weighted by Gasteiger charge is 2.39. The van der Waals surface area contributed by atoms with Crippen molar-refractivity contribution in [3.05, 3.63) is 156 Å². The van der Waals surface area contributed by atoms with Crippen molar-refractivity contribution in [3.63, 3.8) is 0 Å². The van der Waals surface area contributed by atoms with Crippen LogP contribution in [0.4, 0.5) is 21.5 Å². The Morgan fingerprint density at radius 2 is 1.40 bits per heavy atom. The molecule has 5 aromatic rings. The Morgan fingerprint density at radius 3 is 2.12 bits per heavy atom. The monoisotopic (exact) mass is 557 g/mol. The highest BCUT2D eigenvalue weighted by molar-refractivity contribution is 6.12. The van der Waals surface area contributed by atoms with Crippen molar-refractivity contribution in [2.45, 2.75) is 12.7 Å². The summed E-state index contributed by atoms with van der Waals surface area (Å²) in [6.07, 6.45) is -0.439. The first-order valence-corrected chi connectivity index (χ1v) is 13.6. The Kier molecular flexibility index (Phi) is 7.64. The number of ether oxygens (including phenoxy) is 1. The smallest absolute Gasteiger partial charge is 0.262 e. The third-order valence-electron chi connectivity index (χ3n) is 7.11.